The number of nitrogens with one attached hydrogen (secondary N) is 1. The number of amides is 1. The lowest BCUT2D eigenvalue weighted by Gasteiger charge is -2.05. The van der Waals surface area contributed by atoms with Crippen molar-refractivity contribution in [1.82, 2.24) is 19.7 Å². The SMILES string of the molecule is Cc1cccc(S(=O)(=O)n2ccc(C(=O)NCc3cc(C)no3)n2)c1. The molecule has 0 aliphatic carbocycles. The third kappa shape index (κ3) is 3.61. The van der Waals surface area contributed by atoms with E-state index in [9.17, 15) is 13.2 Å². The zero-order valence-electron chi connectivity index (χ0n) is 13.6. The monoisotopic (exact) mass is 360 g/mol. The average Bonchev–Trinajstić information content (AvgIpc) is 3.22. The summed E-state index contributed by atoms with van der Waals surface area (Å²) in [5.74, 6) is -0.00934. The Kier molecular flexibility index (Phi) is 4.41. The Labute approximate surface area is 144 Å². The highest BCUT2D eigenvalue weighted by Crippen LogP contribution is 2.15. The second-order valence-electron chi connectivity index (χ2n) is 5.51. The number of hydrogen-bond acceptors (Lipinski definition) is 6. The standard InChI is InChI=1S/C16H16N4O4S/c1-11-4-3-5-14(8-11)25(22,23)20-7-6-15(18-20)16(21)17-10-13-9-12(2)19-24-13/h3-9H,10H2,1-2H3,(H,17,21). The van der Waals surface area contributed by atoms with E-state index in [1.54, 1.807) is 38.1 Å². The van der Waals surface area contributed by atoms with Crippen LogP contribution >= 0.6 is 0 Å². The molecule has 2 heterocycles. The summed E-state index contributed by atoms with van der Waals surface area (Å²) in [5, 5.41) is 10.2. The van der Waals surface area contributed by atoms with E-state index in [0.717, 1.165) is 9.65 Å². The van der Waals surface area contributed by atoms with Crippen LogP contribution in [0.5, 0.6) is 0 Å². The minimum atomic E-state index is -3.84. The number of nitrogens with zero attached hydrogens (tertiary/aromatic N) is 3. The van der Waals surface area contributed by atoms with Gasteiger partial charge in [0.05, 0.1) is 17.1 Å². The van der Waals surface area contributed by atoms with E-state index in [2.05, 4.69) is 15.6 Å². The van der Waals surface area contributed by atoms with Gasteiger partial charge >= 0.3 is 0 Å². The molecule has 3 rings (SSSR count). The fourth-order valence-corrected chi connectivity index (χ4v) is 3.42. The summed E-state index contributed by atoms with van der Waals surface area (Å²) in [6.07, 6.45) is 1.24. The number of carbonyl (C=O) groups is 1. The number of carbonyl (C=O) groups excluding carboxylic acids is 1. The highest BCUT2D eigenvalue weighted by Gasteiger charge is 2.20. The molecule has 3 aromatic rings. The van der Waals surface area contributed by atoms with Crippen molar-refractivity contribution in [2.75, 3.05) is 0 Å². The summed E-state index contributed by atoms with van der Waals surface area (Å²) in [6.45, 7) is 3.70. The summed E-state index contributed by atoms with van der Waals surface area (Å²) >= 11 is 0. The molecular formula is C16H16N4O4S. The van der Waals surface area contributed by atoms with Gasteiger partial charge in [0.15, 0.2) is 11.5 Å². The lowest BCUT2D eigenvalue weighted by Crippen LogP contribution is -2.24. The largest absolute Gasteiger partial charge is 0.359 e. The highest BCUT2D eigenvalue weighted by molar-refractivity contribution is 7.89. The van der Waals surface area contributed by atoms with Crippen molar-refractivity contribution in [3.63, 3.8) is 0 Å². The molecule has 0 saturated carbocycles. The Morgan fingerprint density at radius 1 is 1.24 bits per heavy atom. The zero-order chi connectivity index (χ0) is 18.0. The van der Waals surface area contributed by atoms with Crippen LogP contribution < -0.4 is 5.32 Å². The molecule has 0 bridgehead atoms. The van der Waals surface area contributed by atoms with Gasteiger partial charge in [0.1, 0.15) is 0 Å². The summed E-state index contributed by atoms with van der Waals surface area (Å²) < 4.78 is 30.9. The van der Waals surface area contributed by atoms with Gasteiger partial charge in [-0.25, -0.2) is 0 Å². The predicted octanol–water partition coefficient (Wildman–Crippen LogP) is 1.65. The Hall–Kier alpha value is -2.94. The molecule has 130 valence electrons. The van der Waals surface area contributed by atoms with Gasteiger partial charge in [-0.2, -0.15) is 17.6 Å². The molecule has 2 aromatic heterocycles. The van der Waals surface area contributed by atoms with Crippen LogP contribution in [-0.2, 0) is 16.6 Å². The van der Waals surface area contributed by atoms with Crippen molar-refractivity contribution in [2.24, 2.45) is 0 Å². The van der Waals surface area contributed by atoms with Crippen molar-refractivity contribution in [2.45, 2.75) is 25.3 Å². The van der Waals surface area contributed by atoms with Crippen molar-refractivity contribution >= 4 is 15.9 Å². The van der Waals surface area contributed by atoms with Crippen LogP contribution in [0, 0.1) is 13.8 Å². The predicted molar refractivity (Wildman–Crippen MR) is 88.4 cm³/mol. The molecule has 0 spiro atoms. The maximum atomic E-state index is 12.5. The molecular weight excluding hydrogens is 344 g/mol. The molecule has 9 heteroatoms. The molecule has 25 heavy (non-hydrogen) atoms. The maximum Gasteiger partial charge on any atom is 0.282 e. The molecule has 8 nitrogen and oxygen atoms in total. The first-order valence-electron chi connectivity index (χ1n) is 7.44. The molecule has 0 fully saturated rings. The van der Waals surface area contributed by atoms with E-state index in [-0.39, 0.29) is 17.1 Å². The van der Waals surface area contributed by atoms with Crippen molar-refractivity contribution in [3.8, 4) is 0 Å². The van der Waals surface area contributed by atoms with Gasteiger partial charge < -0.3 is 9.84 Å². The second kappa shape index (κ2) is 6.52. The van der Waals surface area contributed by atoms with Crippen LogP contribution in [0.2, 0.25) is 0 Å². The quantitative estimate of drug-likeness (QED) is 0.741. The Morgan fingerprint density at radius 2 is 2.04 bits per heavy atom. The fourth-order valence-electron chi connectivity index (χ4n) is 2.20. The van der Waals surface area contributed by atoms with E-state index >= 15 is 0 Å². The number of aryl methyl sites for hydroxylation is 2. The van der Waals surface area contributed by atoms with Gasteiger partial charge in [0.2, 0.25) is 0 Å². The molecule has 0 unspecified atom stereocenters. The smallest absolute Gasteiger partial charge is 0.282 e. The van der Waals surface area contributed by atoms with Crippen LogP contribution in [0.1, 0.15) is 27.5 Å². The Balaban J connectivity index is 1.76. The Morgan fingerprint density at radius 3 is 2.72 bits per heavy atom. The lowest BCUT2D eigenvalue weighted by molar-refractivity contribution is 0.0942. The molecule has 1 N–H and O–H groups in total. The van der Waals surface area contributed by atoms with Gasteiger partial charge in [-0.3, -0.25) is 4.79 Å². The van der Waals surface area contributed by atoms with E-state index in [4.69, 9.17) is 4.52 Å². The molecule has 1 aromatic carbocycles. The molecule has 0 radical (unpaired) electrons. The lowest BCUT2D eigenvalue weighted by atomic mass is 10.2. The van der Waals surface area contributed by atoms with Crippen LogP contribution in [0.3, 0.4) is 0 Å². The van der Waals surface area contributed by atoms with Gasteiger partial charge in [-0.1, -0.05) is 17.3 Å². The first-order chi connectivity index (χ1) is 11.9. The minimum Gasteiger partial charge on any atom is -0.359 e. The molecule has 1 amide bonds. The van der Waals surface area contributed by atoms with Gasteiger partial charge in [0.25, 0.3) is 15.9 Å². The molecule has 0 atom stereocenters. The maximum absolute atomic E-state index is 12.5. The number of aromatic nitrogens is 3. The third-order valence-corrected chi connectivity index (χ3v) is 4.98. The summed E-state index contributed by atoms with van der Waals surface area (Å²) in [4.78, 5) is 12.2. The summed E-state index contributed by atoms with van der Waals surface area (Å²) in [6, 6.07) is 9.51. The summed E-state index contributed by atoms with van der Waals surface area (Å²) in [5.41, 5.74) is 1.51. The van der Waals surface area contributed by atoms with Crippen LogP contribution in [-0.4, -0.2) is 28.7 Å². The first-order valence-corrected chi connectivity index (χ1v) is 8.88. The fraction of sp³-hybridized carbons (Fsp3) is 0.188. The number of rotatable bonds is 5. The second-order valence-corrected chi connectivity index (χ2v) is 7.31. The summed E-state index contributed by atoms with van der Waals surface area (Å²) in [7, 11) is -3.84. The van der Waals surface area contributed by atoms with Gasteiger partial charge in [-0.15, -0.1) is 0 Å². The zero-order valence-corrected chi connectivity index (χ0v) is 14.4. The minimum absolute atomic E-state index is 0.00698. The molecule has 0 aliphatic heterocycles. The van der Waals surface area contributed by atoms with Crippen LogP contribution in [0.4, 0.5) is 0 Å². The third-order valence-electron chi connectivity index (χ3n) is 3.43. The van der Waals surface area contributed by atoms with Gasteiger partial charge in [0, 0.05) is 12.3 Å². The topological polar surface area (TPSA) is 107 Å². The average molecular weight is 360 g/mol. The van der Waals surface area contributed by atoms with E-state index in [1.807, 2.05) is 0 Å². The van der Waals surface area contributed by atoms with Crippen LogP contribution in [0.15, 0.2) is 52.0 Å². The Bertz CT molecular complexity index is 1020. The van der Waals surface area contributed by atoms with E-state index in [1.165, 1.54) is 18.3 Å². The number of benzene rings is 1. The van der Waals surface area contributed by atoms with E-state index < -0.39 is 15.9 Å². The normalized spacial score (nSPS) is 11.4. The number of hydrogen-bond donors (Lipinski definition) is 1. The van der Waals surface area contributed by atoms with Gasteiger partial charge in [-0.05, 0) is 37.6 Å². The van der Waals surface area contributed by atoms with Crippen molar-refractivity contribution < 1.29 is 17.7 Å². The first kappa shape index (κ1) is 16.9. The van der Waals surface area contributed by atoms with E-state index in [0.29, 0.717) is 11.5 Å². The molecule has 0 saturated heterocycles. The highest BCUT2D eigenvalue weighted by atomic mass is 32.2. The molecule has 0 aliphatic rings. The van der Waals surface area contributed by atoms with Crippen molar-refractivity contribution in [1.29, 1.82) is 0 Å². The van der Waals surface area contributed by atoms with Crippen molar-refractivity contribution in [3.05, 3.63) is 65.3 Å². The van der Waals surface area contributed by atoms with Crippen LogP contribution in [0.25, 0.3) is 0 Å².